The molecule has 0 radical (unpaired) electrons. The minimum Gasteiger partial charge on any atom is -0.459 e. The first-order chi connectivity index (χ1) is 10.4. The monoisotopic (exact) mass is 319 g/mol. The summed E-state index contributed by atoms with van der Waals surface area (Å²) in [5.41, 5.74) is 1.12. The van der Waals surface area contributed by atoms with Gasteiger partial charge in [0, 0.05) is 19.6 Å². The number of ether oxygens (including phenoxy) is 1. The van der Waals surface area contributed by atoms with E-state index in [1.807, 2.05) is 20.8 Å². The predicted molar refractivity (Wildman–Crippen MR) is 91.5 cm³/mol. The van der Waals surface area contributed by atoms with Crippen LogP contribution in [0, 0.1) is 11.8 Å². The van der Waals surface area contributed by atoms with E-state index in [2.05, 4.69) is 35.2 Å². The van der Waals surface area contributed by atoms with Crippen molar-refractivity contribution in [2.75, 3.05) is 19.3 Å². The Hall–Kier alpha value is -0.920. The number of hydrogen-bond acceptors (Lipinski definition) is 3. The Labute approximate surface area is 135 Å². The molecule has 120 valence electrons. The highest BCUT2D eigenvalue weighted by Gasteiger charge is 2.46. The summed E-state index contributed by atoms with van der Waals surface area (Å²) in [6, 6.07) is 10.6. The molecular weight excluding hydrogens is 293 g/mol. The zero-order valence-corrected chi connectivity index (χ0v) is 14.7. The van der Waals surface area contributed by atoms with Crippen molar-refractivity contribution in [1.29, 1.82) is 0 Å². The van der Waals surface area contributed by atoms with Gasteiger partial charge >= 0.3 is 5.97 Å². The highest BCUT2D eigenvalue weighted by atomic mass is 31.1. The van der Waals surface area contributed by atoms with Crippen LogP contribution < -0.4 is 0 Å². The quantitative estimate of drug-likeness (QED) is 0.633. The van der Waals surface area contributed by atoms with E-state index in [4.69, 9.17) is 4.74 Å². The van der Waals surface area contributed by atoms with Crippen molar-refractivity contribution in [3.63, 3.8) is 0 Å². The summed E-state index contributed by atoms with van der Waals surface area (Å²) in [7, 11) is 0.741. The second-order valence-corrected chi connectivity index (χ2v) is 8.96. The molecule has 0 aliphatic carbocycles. The molecule has 4 unspecified atom stereocenters. The van der Waals surface area contributed by atoms with Gasteiger partial charge in [-0.15, -0.1) is 8.58 Å². The van der Waals surface area contributed by atoms with E-state index in [0.29, 0.717) is 11.8 Å². The molecule has 2 saturated heterocycles. The van der Waals surface area contributed by atoms with Gasteiger partial charge in [-0.25, -0.2) is 0 Å². The van der Waals surface area contributed by atoms with Gasteiger partial charge in [0.05, 0.1) is 5.66 Å². The molecule has 1 aromatic rings. The minimum atomic E-state index is -0.373. The lowest BCUT2D eigenvalue weighted by Crippen LogP contribution is -2.34. The molecular formula is C18H26NO2P. The standard InChI is InChI=1S/C18H26NO2P/c1-18(2,3)21-17(20)16-15-11-19(10-14(15)12-22-16)9-13-7-5-4-6-8-13/h4-8,14-16,22H,9-12H2,1-3H3. The Morgan fingerprint density at radius 2 is 2.00 bits per heavy atom. The third-order valence-corrected chi connectivity index (χ3v) is 6.37. The molecule has 0 N–H and O–H groups in total. The van der Waals surface area contributed by atoms with Crippen molar-refractivity contribution in [1.82, 2.24) is 4.90 Å². The van der Waals surface area contributed by atoms with Gasteiger partial charge in [-0.3, -0.25) is 9.69 Å². The molecule has 0 amide bonds. The Kier molecular flexibility index (Phi) is 4.56. The summed E-state index contributed by atoms with van der Waals surface area (Å²) in [5, 5.41) is 0. The van der Waals surface area contributed by atoms with Crippen molar-refractivity contribution in [2.45, 2.75) is 38.6 Å². The van der Waals surface area contributed by atoms with Gasteiger partial charge in [-0.05, 0) is 44.3 Å². The van der Waals surface area contributed by atoms with Gasteiger partial charge in [0.25, 0.3) is 0 Å². The van der Waals surface area contributed by atoms with Gasteiger partial charge in [-0.1, -0.05) is 30.3 Å². The van der Waals surface area contributed by atoms with Crippen molar-refractivity contribution in [3.8, 4) is 0 Å². The van der Waals surface area contributed by atoms with E-state index < -0.39 is 0 Å². The molecule has 2 aliphatic rings. The van der Waals surface area contributed by atoms with Crippen LogP contribution >= 0.6 is 8.58 Å². The van der Waals surface area contributed by atoms with Crippen molar-refractivity contribution < 1.29 is 9.53 Å². The molecule has 0 saturated carbocycles. The highest BCUT2D eigenvalue weighted by Crippen LogP contribution is 2.46. The summed E-state index contributed by atoms with van der Waals surface area (Å²) in [6.07, 6.45) is 1.19. The van der Waals surface area contributed by atoms with E-state index in [9.17, 15) is 4.79 Å². The van der Waals surface area contributed by atoms with E-state index in [-0.39, 0.29) is 17.2 Å². The number of carbonyl (C=O) groups is 1. The first kappa shape index (κ1) is 16.0. The number of hydrogen-bond donors (Lipinski definition) is 0. The summed E-state index contributed by atoms with van der Waals surface area (Å²) < 4.78 is 5.63. The average Bonchev–Trinajstić information content (AvgIpc) is 2.97. The fourth-order valence-corrected chi connectivity index (χ4v) is 5.50. The van der Waals surface area contributed by atoms with E-state index in [1.54, 1.807) is 0 Å². The second-order valence-electron chi connectivity index (χ2n) is 7.52. The molecule has 3 rings (SSSR count). The Bertz CT molecular complexity index is 526. The minimum absolute atomic E-state index is 0.0277. The van der Waals surface area contributed by atoms with Crippen LogP contribution in [0.4, 0.5) is 0 Å². The molecule has 0 spiro atoms. The summed E-state index contributed by atoms with van der Waals surface area (Å²) in [6.45, 7) is 9.03. The van der Waals surface area contributed by atoms with Gasteiger partial charge < -0.3 is 4.74 Å². The fourth-order valence-electron chi connectivity index (χ4n) is 3.61. The zero-order chi connectivity index (χ0) is 15.7. The average molecular weight is 319 g/mol. The Balaban J connectivity index is 1.60. The molecule has 2 aliphatic heterocycles. The maximum absolute atomic E-state index is 12.4. The molecule has 2 fully saturated rings. The first-order valence-corrected chi connectivity index (χ1v) is 9.43. The number of likely N-dealkylation sites (tertiary alicyclic amines) is 1. The first-order valence-electron chi connectivity index (χ1n) is 8.15. The van der Waals surface area contributed by atoms with Crippen LogP contribution in [-0.4, -0.2) is 41.4 Å². The van der Waals surface area contributed by atoms with Gasteiger partial charge in [0.2, 0.25) is 0 Å². The number of fused-ring (bicyclic) bond motifs is 1. The molecule has 3 nitrogen and oxygen atoms in total. The lowest BCUT2D eigenvalue weighted by atomic mass is 9.95. The van der Waals surface area contributed by atoms with Crippen LogP contribution in [0.5, 0.6) is 0 Å². The molecule has 0 aromatic heterocycles. The molecule has 4 atom stereocenters. The van der Waals surface area contributed by atoms with Crippen LogP contribution in [0.3, 0.4) is 0 Å². The van der Waals surface area contributed by atoms with Gasteiger partial charge in [-0.2, -0.15) is 0 Å². The Morgan fingerprint density at radius 3 is 2.68 bits per heavy atom. The van der Waals surface area contributed by atoms with E-state index in [1.165, 1.54) is 11.7 Å². The van der Waals surface area contributed by atoms with E-state index >= 15 is 0 Å². The second kappa shape index (κ2) is 6.29. The van der Waals surface area contributed by atoms with Crippen LogP contribution in [0.25, 0.3) is 0 Å². The topological polar surface area (TPSA) is 29.5 Å². The van der Waals surface area contributed by atoms with Crippen LogP contribution in [0.2, 0.25) is 0 Å². The third-order valence-electron chi connectivity index (χ3n) is 4.51. The summed E-state index contributed by atoms with van der Waals surface area (Å²) in [5.74, 6) is 1.20. The number of rotatable bonds is 3. The normalized spacial score (nSPS) is 29.7. The predicted octanol–water partition coefficient (Wildman–Crippen LogP) is 3.14. The third kappa shape index (κ3) is 3.70. The molecule has 2 heterocycles. The van der Waals surface area contributed by atoms with Crippen molar-refractivity contribution >= 4 is 14.6 Å². The molecule has 0 bridgehead atoms. The number of carbonyl (C=O) groups excluding carboxylic acids is 1. The van der Waals surface area contributed by atoms with Crippen molar-refractivity contribution in [2.24, 2.45) is 11.8 Å². The fraction of sp³-hybridized carbons (Fsp3) is 0.611. The number of esters is 1. The number of nitrogens with zero attached hydrogens (tertiary/aromatic N) is 1. The SMILES string of the molecule is CC(C)(C)OC(=O)C1PCC2CN(Cc3ccccc3)CC21. The van der Waals surface area contributed by atoms with Crippen LogP contribution in [0.15, 0.2) is 30.3 Å². The van der Waals surface area contributed by atoms with Crippen LogP contribution in [-0.2, 0) is 16.1 Å². The van der Waals surface area contributed by atoms with Gasteiger partial charge in [0.1, 0.15) is 5.60 Å². The Morgan fingerprint density at radius 1 is 1.27 bits per heavy atom. The molecule has 1 aromatic carbocycles. The van der Waals surface area contributed by atoms with Gasteiger partial charge in [0.15, 0.2) is 0 Å². The van der Waals surface area contributed by atoms with Crippen molar-refractivity contribution in [3.05, 3.63) is 35.9 Å². The molecule has 22 heavy (non-hydrogen) atoms. The number of benzene rings is 1. The van der Waals surface area contributed by atoms with E-state index in [0.717, 1.165) is 28.2 Å². The zero-order valence-electron chi connectivity index (χ0n) is 13.7. The van der Waals surface area contributed by atoms with Crippen LogP contribution in [0.1, 0.15) is 26.3 Å². The highest BCUT2D eigenvalue weighted by molar-refractivity contribution is 7.40. The summed E-state index contributed by atoms with van der Waals surface area (Å²) >= 11 is 0. The maximum atomic E-state index is 12.4. The lowest BCUT2D eigenvalue weighted by Gasteiger charge is -2.25. The lowest BCUT2D eigenvalue weighted by molar-refractivity contribution is -0.155. The smallest absolute Gasteiger partial charge is 0.313 e. The maximum Gasteiger partial charge on any atom is 0.313 e. The molecule has 4 heteroatoms. The summed E-state index contributed by atoms with van der Waals surface area (Å²) in [4.78, 5) is 14.9. The largest absolute Gasteiger partial charge is 0.459 e.